The third kappa shape index (κ3) is 2.85. The summed E-state index contributed by atoms with van der Waals surface area (Å²) in [6.07, 6.45) is 0. The van der Waals surface area contributed by atoms with Crippen molar-refractivity contribution in [3.05, 3.63) is 42.0 Å². The van der Waals surface area contributed by atoms with Crippen LogP contribution in [0.2, 0.25) is 0 Å². The standard InChI is InChI=1S/C12H13N3O3/c1-9-13-14-11(15(9)7-12(16)17)8-18-10-5-3-2-4-6-10/h2-6H,7-8H2,1H3,(H,16,17). The first-order chi connectivity index (χ1) is 8.66. The Morgan fingerprint density at radius 1 is 1.33 bits per heavy atom. The van der Waals surface area contributed by atoms with E-state index in [2.05, 4.69) is 10.2 Å². The third-order valence-corrected chi connectivity index (χ3v) is 2.42. The van der Waals surface area contributed by atoms with Crippen molar-refractivity contribution in [1.82, 2.24) is 14.8 Å². The molecule has 1 N–H and O–H groups in total. The van der Waals surface area contributed by atoms with Gasteiger partial charge in [0.2, 0.25) is 0 Å². The van der Waals surface area contributed by atoms with Crippen molar-refractivity contribution in [3.63, 3.8) is 0 Å². The maximum absolute atomic E-state index is 10.7. The number of para-hydroxylation sites is 1. The first-order valence-electron chi connectivity index (χ1n) is 5.45. The summed E-state index contributed by atoms with van der Waals surface area (Å²) >= 11 is 0. The van der Waals surface area contributed by atoms with Crippen molar-refractivity contribution in [3.8, 4) is 5.75 Å². The fraction of sp³-hybridized carbons (Fsp3) is 0.250. The average molecular weight is 247 g/mol. The number of carbonyl (C=O) groups is 1. The molecular weight excluding hydrogens is 234 g/mol. The number of carboxylic acid groups (broad SMARTS) is 1. The minimum atomic E-state index is -0.932. The predicted molar refractivity (Wildman–Crippen MR) is 63.2 cm³/mol. The first kappa shape index (κ1) is 12.1. The van der Waals surface area contributed by atoms with E-state index in [4.69, 9.17) is 9.84 Å². The van der Waals surface area contributed by atoms with Crippen LogP contribution in [-0.4, -0.2) is 25.8 Å². The van der Waals surface area contributed by atoms with Crippen molar-refractivity contribution >= 4 is 5.97 Å². The highest BCUT2D eigenvalue weighted by atomic mass is 16.5. The van der Waals surface area contributed by atoms with Crippen LogP contribution in [0.1, 0.15) is 11.6 Å². The van der Waals surface area contributed by atoms with Crippen molar-refractivity contribution in [1.29, 1.82) is 0 Å². The number of hydrogen-bond donors (Lipinski definition) is 1. The molecule has 1 aromatic carbocycles. The lowest BCUT2D eigenvalue weighted by Crippen LogP contribution is -2.14. The summed E-state index contributed by atoms with van der Waals surface area (Å²) in [5.74, 6) is 0.835. The summed E-state index contributed by atoms with van der Waals surface area (Å²) in [4.78, 5) is 10.7. The smallest absolute Gasteiger partial charge is 0.323 e. The SMILES string of the molecule is Cc1nnc(COc2ccccc2)n1CC(=O)O. The number of ether oxygens (including phenoxy) is 1. The zero-order valence-electron chi connectivity index (χ0n) is 9.91. The van der Waals surface area contributed by atoms with Gasteiger partial charge in [-0.2, -0.15) is 0 Å². The Hall–Kier alpha value is -2.37. The van der Waals surface area contributed by atoms with E-state index in [1.54, 1.807) is 6.92 Å². The maximum atomic E-state index is 10.7. The van der Waals surface area contributed by atoms with Gasteiger partial charge in [-0.3, -0.25) is 4.79 Å². The maximum Gasteiger partial charge on any atom is 0.323 e. The van der Waals surface area contributed by atoms with Crippen LogP contribution >= 0.6 is 0 Å². The molecule has 0 fully saturated rings. The molecule has 1 heterocycles. The predicted octanol–water partition coefficient (Wildman–Crippen LogP) is 1.25. The van der Waals surface area contributed by atoms with Gasteiger partial charge in [0.1, 0.15) is 24.7 Å². The molecular formula is C12H13N3O3. The Labute approximate surface area is 104 Å². The normalized spacial score (nSPS) is 10.3. The molecule has 0 radical (unpaired) electrons. The molecule has 0 aliphatic carbocycles. The summed E-state index contributed by atoms with van der Waals surface area (Å²) in [7, 11) is 0. The number of rotatable bonds is 5. The second kappa shape index (κ2) is 5.31. The molecule has 0 aliphatic heterocycles. The molecule has 2 rings (SSSR count). The van der Waals surface area contributed by atoms with E-state index in [9.17, 15) is 4.79 Å². The van der Waals surface area contributed by atoms with Gasteiger partial charge in [0.05, 0.1) is 0 Å². The molecule has 1 aromatic heterocycles. The Kier molecular flexibility index (Phi) is 3.57. The van der Waals surface area contributed by atoms with Gasteiger partial charge in [0.25, 0.3) is 0 Å². The van der Waals surface area contributed by atoms with Gasteiger partial charge in [-0.25, -0.2) is 0 Å². The summed E-state index contributed by atoms with van der Waals surface area (Å²) < 4.78 is 7.03. The number of carboxylic acids is 1. The van der Waals surface area contributed by atoms with Crippen LogP contribution in [-0.2, 0) is 17.9 Å². The molecule has 2 aromatic rings. The second-order valence-electron chi connectivity index (χ2n) is 3.75. The molecule has 0 spiro atoms. The average Bonchev–Trinajstić information content (AvgIpc) is 2.69. The molecule has 18 heavy (non-hydrogen) atoms. The topological polar surface area (TPSA) is 77.2 Å². The van der Waals surface area contributed by atoms with Gasteiger partial charge in [-0.15, -0.1) is 10.2 Å². The van der Waals surface area contributed by atoms with Crippen molar-refractivity contribution in [2.24, 2.45) is 0 Å². The minimum Gasteiger partial charge on any atom is -0.486 e. The molecule has 0 amide bonds. The van der Waals surface area contributed by atoms with Gasteiger partial charge in [-0.1, -0.05) is 18.2 Å². The van der Waals surface area contributed by atoms with Crippen LogP contribution < -0.4 is 4.74 Å². The number of hydrogen-bond acceptors (Lipinski definition) is 4. The molecule has 0 saturated heterocycles. The van der Waals surface area contributed by atoms with Crippen LogP contribution in [0.25, 0.3) is 0 Å². The Morgan fingerprint density at radius 3 is 2.72 bits per heavy atom. The van der Waals surface area contributed by atoms with Crippen LogP contribution in [0, 0.1) is 6.92 Å². The first-order valence-corrected chi connectivity index (χ1v) is 5.45. The van der Waals surface area contributed by atoms with Crippen LogP contribution in [0.4, 0.5) is 0 Å². The van der Waals surface area contributed by atoms with E-state index >= 15 is 0 Å². The zero-order valence-corrected chi connectivity index (χ0v) is 9.91. The second-order valence-corrected chi connectivity index (χ2v) is 3.75. The minimum absolute atomic E-state index is 0.160. The van der Waals surface area contributed by atoms with Crippen LogP contribution in [0.15, 0.2) is 30.3 Å². The third-order valence-electron chi connectivity index (χ3n) is 2.42. The highest BCUT2D eigenvalue weighted by Gasteiger charge is 2.12. The summed E-state index contributed by atoms with van der Waals surface area (Å²) in [5, 5.41) is 16.6. The van der Waals surface area contributed by atoms with Crippen molar-refractivity contribution in [2.45, 2.75) is 20.1 Å². The number of aryl methyl sites for hydroxylation is 1. The van der Waals surface area contributed by atoms with Gasteiger partial charge in [-0.05, 0) is 19.1 Å². The summed E-state index contributed by atoms with van der Waals surface area (Å²) in [6.45, 7) is 1.74. The summed E-state index contributed by atoms with van der Waals surface area (Å²) in [6, 6.07) is 9.27. The molecule has 94 valence electrons. The van der Waals surface area contributed by atoms with Gasteiger partial charge < -0.3 is 14.4 Å². The number of aromatic nitrogens is 3. The van der Waals surface area contributed by atoms with Gasteiger partial charge >= 0.3 is 5.97 Å². The number of nitrogens with zero attached hydrogens (tertiary/aromatic N) is 3. The highest BCUT2D eigenvalue weighted by molar-refractivity contribution is 5.66. The van der Waals surface area contributed by atoms with Gasteiger partial charge in [0.15, 0.2) is 5.82 Å². The lowest BCUT2D eigenvalue weighted by atomic mass is 10.3. The van der Waals surface area contributed by atoms with E-state index < -0.39 is 5.97 Å². The van der Waals surface area contributed by atoms with Crippen molar-refractivity contribution in [2.75, 3.05) is 0 Å². The monoisotopic (exact) mass is 247 g/mol. The lowest BCUT2D eigenvalue weighted by molar-refractivity contribution is -0.137. The molecule has 6 heteroatoms. The lowest BCUT2D eigenvalue weighted by Gasteiger charge is -2.07. The van der Waals surface area contributed by atoms with E-state index in [0.717, 1.165) is 0 Å². The van der Waals surface area contributed by atoms with Crippen LogP contribution in [0.3, 0.4) is 0 Å². The number of benzene rings is 1. The molecule has 0 saturated carbocycles. The highest BCUT2D eigenvalue weighted by Crippen LogP contribution is 2.11. The largest absolute Gasteiger partial charge is 0.486 e. The van der Waals surface area contributed by atoms with Crippen molar-refractivity contribution < 1.29 is 14.6 Å². The van der Waals surface area contributed by atoms with E-state index in [1.165, 1.54) is 4.57 Å². The molecule has 6 nitrogen and oxygen atoms in total. The van der Waals surface area contributed by atoms with Crippen LogP contribution in [0.5, 0.6) is 5.75 Å². The quantitative estimate of drug-likeness (QED) is 0.860. The summed E-state index contributed by atoms with van der Waals surface area (Å²) in [5.41, 5.74) is 0. The van der Waals surface area contributed by atoms with Gasteiger partial charge in [0, 0.05) is 0 Å². The molecule has 0 unspecified atom stereocenters. The van der Waals surface area contributed by atoms with E-state index in [-0.39, 0.29) is 13.2 Å². The Bertz CT molecular complexity index is 537. The molecule has 0 bridgehead atoms. The molecule has 0 atom stereocenters. The zero-order chi connectivity index (χ0) is 13.0. The van der Waals surface area contributed by atoms with E-state index in [1.807, 2.05) is 30.3 Å². The molecule has 0 aliphatic rings. The number of aliphatic carboxylic acids is 1. The Balaban J connectivity index is 2.08. The fourth-order valence-corrected chi connectivity index (χ4v) is 1.54. The Morgan fingerprint density at radius 2 is 2.06 bits per heavy atom. The fourth-order valence-electron chi connectivity index (χ4n) is 1.54. The van der Waals surface area contributed by atoms with E-state index in [0.29, 0.717) is 17.4 Å².